The van der Waals surface area contributed by atoms with E-state index >= 15 is 0 Å². The molecule has 0 aromatic heterocycles. The summed E-state index contributed by atoms with van der Waals surface area (Å²) in [6, 6.07) is 9.14. The molecule has 2 rings (SSSR count). The molecule has 0 aliphatic heterocycles. The summed E-state index contributed by atoms with van der Waals surface area (Å²) in [6.45, 7) is 1.42. The molecule has 0 radical (unpaired) electrons. The highest BCUT2D eigenvalue weighted by Gasteiger charge is 2.09. The molecule has 1 amide bonds. The summed E-state index contributed by atoms with van der Waals surface area (Å²) in [5.74, 6) is 0. The number of anilines is 2. The van der Waals surface area contributed by atoms with Crippen LogP contribution in [0.15, 0.2) is 30.3 Å². The van der Waals surface area contributed by atoms with Gasteiger partial charge in [0.25, 0.3) is 0 Å². The van der Waals surface area contributed by atoms with Gasteiger partial charge in [0.2, 0.25) is 6.41 Å². The Balaban J connectivity index is 2.43. The van der Waals surface area contributed by atoms with E-state index in [-0.39, 0.29) is 0 Å². The second-order valence-corrected chi connectivity index (χ2v) is 4.58. The number of methoxy groups -OCH3 is 1. The van der Waals surface area contributed by atoms with Crippen molar-refractivity contribution >= 4 is 34.8 Å². The molecule has 2 aromatic carbocycles. The number of carbonyl (C=O) groups excluding carboxylic acids is 2. The highest BCUT2D eigenvalue weighted by atomic mass is 16.5. The zero-order valence-electron chi connectivity index (χ0n) is 11.9. The van der Waals surface area contributed by atoms with Gasteiger partial charge in [0, 0.05) is 48.0 Å². The number of carbonyl (C=O) groups is 2. The van der Waals surface area contributed by atoms with Crippen LogP contribution in [0.4, 0.5) is 11.4 Å². The molecule has 2 N–H and O–H groups in total. The van der Waals surface area contributed by atoms with Crippen molar-refractivity contribution < 1.29 is 14.3 Å². The molecule has 0 bridgehead atoms. The minimum Gasteiger partial charge on any atom is -0.385 e. The second kappa shape index (κ2) is 7.40. The number of hydrogen-bond acceptors (Lipinski definition) is 4. The number of ether oxygens (including phenoxy) is 1. The van der Waals surface area contributed by atoms with E-state index in [1.54, 1.807) is 19.2 Å². The van der Waals surface area contributed by atoms with Gasteiger partial charge in [-0.05, 0) is 18.6 Å². The van der Waals surface area contributed by atoms with Gasteiger partial charge in [-0.3, -0.25) is 9.59 Å². The third kappa shape index (κ3) is 3.38. The average molecular weight is 286 g/mol. The Labute approximate surface area is 123 Å². The molecule has 5 nitrogen and oxygen atoms in total. The number of aldehydes is 1. The van der Waals surface area contributed by atoms with Gasteiger partial charge in [0.15, 0.2) is 6.29 Å². The Hall–Kier alpha value is -2.40. The third-order valence-electron chi connectivity index (χ3n) is 3.25. The lowest BCUT2D eigenvalue weighted by molar-refractivity contribution is -0.105. The van der Waals surface area contributed by atoms with Crippen molar-refractivity contribution in [1.29, 1.82) is 0 Å². The van der Waals surface area contributed by atoms with Gasteiger partial charge in [0.1, 0.15) is 0 Å². The number of amides is 1. The fourth-order valence-corrected chi connectivity index (χ4v) is 2.31. The summed E-state index contributed by atoms with van der Waals surface area (Å²) < 4.78 is 5.02. The van der Waals surface area contributed by atoms with Crippen LogP contribution in [0, 0.1) is 0 Å². The summed E-state index contributed by atoms with van der Waals surface area (Å²) >= 11 is 0. The summed E-state index contributed by atoms with van der Waals surface area (Å²) in [7, 11) is 1.67. The molecule has 0 unspecified atom stereocenters. The Morgan fingerprint density at radius 1 is 1.14 bits per heavy atom. The average Bonchev–Trinajstić information content (AvgIpc) is 2.52. The smallest absolute Gasteiger partial charge is 0.211 e. The van der Waals surface area contributed by atoms with E-state index in [1.807, 2.05) is 18.2 Å². The maximum Gasteiger partial charge on any atom is 0.211 e. The lowest BCUT2D eigenvalue weighted by Crippen LogP contribution is -2.06. The molecular formula is C16H18N2O3. The molecule has 0 heterocycles. The van der Waals surface area contributed by atoms with Gasteiger partial charge in [-0.2, -0.15) is 0 Å². The van der Waals surface area contributed by atoms with E-state index < -0.39 is 0 Å². The number of hydrogen-bond donors (Lipinski definition) is 2. The Kier molecular flexibility index (Phi) is 5.29. The Morgan fingerprint density at radius 3 is 2.67 bits per heavy atom. The maximum atomic E-state index is 11.3. The van der Waals surface area contributed by atoms with Gasteiger partial charge >= 0.3 is 0 Å². The van der Waals surface area contributed by atoms with Crippen LogP contribution in [-0.4, -0.2) is 33.0 Å². The van der Waals surface area contributed by atoms with Crippen LogP contribution in [0.25, 0.3) is 10.8 Å². The van der Waals surface area contributed by atoms with Crippen molar-refractivity contribution in [2.24, 2.45) is 0 Å². The number of benzene rings is 2. The van der Waals surface area contributed by atoms with E-state index in [1.165, 1.54) is 0 Å². The first-order valence-electron chi connectivity index (χ1n) is 6.75. The van der Waals surface area contributed by atoms with Crippen molar-refractivity contribution in [2.45, 2.75) is 6.42 Å². The van der Waals surface area contributed by atoms with Crippen LogP contribution in [0.3, 0.4) is 0 Å². The highest BCUT2D eigenvalue weighted by Crippen LogP contribution is 2.32. The van der Waals surface area contributed by atoms with Crippen LogP contribution in [0.5, 0.6) is 0 Å². The summed E-state index contributed by atoms with van der Waals surface area (Å²) in [4.78, 5) is 22.0. The monoisotopic (exact) mass is 286 g/mol. The van der Waals surface area contributed by atoms with Crippen LogP contribution in [-0.2, 0) is 9.53 Å². The summed E-state index contributed by atoms with van der Waals surface area (Å²) in [5.41, 5.74) is 2.16. The molecular weight excluding hydrogens is 268 g/mol. The Morgan fingerprint density at radius 2 is 1.95 bits per heavy atom. The van der Waals surface area contributed by atoms with Gasteiger partial charge in [-0.1, -0.05) is 18.2 Å². The largest absolute Gasteiger partial charge is 0.385 e. The number of rotatable bonds is 8. The van der Waals surface area contributed by atoms with E-state index in [4.69, 9.17) is 4.74 Å². The predicted octanol–water partition coefficient (Wildman–Crippen LogP) is 2.67. The zero-order valence-corrected chi connectivity index (χ0v) is 11.9. The van der Waals surface area contributed by atoms with Crippen LogP contribution >= 0.6 is 0 Å². The number of fused-ring (bicyclic) bond motifs is 1. The van der Waals surface area contributed by atoms with E-state index in [9.17, 15) is 9.59 Å². The van der Waals surface area contributed by atoms with Crippen LogP contribution in [0.2, 0.25) is 0 Å². The molecule has 2 aromatic rings. The number of nitrogens with one attached hydrogen (secondary N) is 2. The van der Waals surface area contributed by atoms with Crippen molar-refractivity contribution in [3.63, 3.8) is 0 Å². The summed E-state index contributed by atoms with van der Waals surface area (Å²) in [5, 5.41) is 7.63. The first-order chi connectivity index (χ1) is 10.3. The molecule has 5 heteroatoms. The minimum absolute atomic E-state index is 0.594. The van der Waals surface area contributed by atoms with Gasteiger partial charge in [-0.25, -0.2) is 0 Å². The predicted molar refractivity (Wildman–Crippen MR) is 84.0 cm³/mol. The van der Waals surface area contributed by atoms with Gasteiger partial charge in [0.05, 0.1) is 0 Å². The fourth-order valence-electron chi connectivity index (χ4n) is 2.31. The fraction of sp³-hybridized carbons (Fsp3) is 0.250. The molecule has 21 heavy (non-hydrogen) atoms. The van der Waals surface area contributed by atoms with E-state index in [0.717, 1.165) is 35.7 Å². The molecule has 0 aliphatic rings. The van der Waals surface area contributed by atoms with Crippen molar-refractivity contribution in [3.05, 3.63) is 35.9 Å². The third-order valence-corrected chi connectivity index (χ3v) is 3.25. The summed E-state index contributed by atoms with van der Waals surface area (Å²) in [6.07, 6.45) is 2.33. The van der Waals surface area contributed by atoms with Crippen molar-refractivity contribution in [2.75, 3.05) is 30.9 Å². The first-order valence-corrected chi connectivity index (χ1v) is 6.75. The van der Waals surface area contributed by atoms with Gasteiger partial charge in [-0.15, -0.1) is 0 Å². The standard InChI is InChI=1S/C16H18N2O3/c1-21-9-3-8-17-15-7-6-14(18-11-20)13-5-2-4-12(10-19)16(13)15/h2,4-7,10-11,17H,3,8-9H2,1H3,(H,18,20). The molecule has 0 saturated heterocycles. The normalized spacial score (nSPS) is 10.3. The zero-order chi connectivity index (χ0) is 15.1. The van der Waals surface area contributed by atoms with Crippen molar-refractivity contribution in [1.82, 2.24) is 0 Å². The van der Waals surface area contributed by atoms with Crippen LogP contribution < -0.4 is 10.6 Å². The van der Waals surface area contributed by atoms with Crippen LogP contribution in [0.1, 0.15) is 16.8 Å². The Bertz CT molecular complexity index is 641. The lowest BCUT2D eigenvalue weighted by atomic mass is 10.0. The van der Waals surface area contributed by atoms with Gasteiger partial charge < -0.3 is 15.4 Å². The SMILES string of the molecule is COCCCNc1ccc(NC=O)c2cccc(C=O)c12. The molecule has 0 fully saturated rings. The van der Waals surface area contributed by atoms with Crippen molar-refractivity contribution in [3.8, 4) is 0 Å². The molecule has 0 saturated carbocycles. The lowest BCUT2D eigenvalue weighted by Gasteiger charge is -2.14. The second-order valence-electron chi connectivity index (χ2n) is 4.58. The molecule has 0 spiro atoms. The molecule has 110 valence electrons. The first kappa shape index (κ1) is 15.0. The quantitative estimate of drug-likeness (QED) is 0.578. The van der Waals surface area contributed by atoms with E-state index in [0.29, 0.717) is 24.3 Å². The topological polar surface area (TPSA) is 67.4 Å². The minimum atomic E-state index is 0.594. The molecule has 0 atom stereocenters. The highest BCUT2D eigenvalue weighted by molar-refractivity contribution is 6.11. The molecule has 0 aliphatic carbocycles. The maximum absolute atomic E-state index is 11.3. The van der Waals surface area contributed by atoms with E-state index in [2.05, 4.69) is 10.6 Å².